The van der Waals surface area contributed by atoms with Gasteiger partial charge in [0.2, 0.25) is 0 Å². The zero-order valence-electron chi connectivity index (χ0n) is 14.2. The number of nitrogens with zero attached hydrogens (tertiary/aromatic N) is 3. The van der Waals surface area contributed by atoms with Gasteiger partial charge in [-0.3, -0.25) is 9.78 Å². The van der Waals surface area contributed by atoms with Crippen LogP contribution in [0.15, 0.2) is 73.2 Å². The van der Waals surface area contributed by atoms with E-state index in [2.05, 4.69) is 15.3 Å². The highest BCUT2D eigenvalue weighted by Gasteiger charge is 2.16. The van der Waals surface area contributed by atoms with Gasteiger partial charge < -0.3 is 15.3 Å². The minimum atomic E-state index is -0.134. The molecule has 6 nitrogen and oxygen atoms in total. The summed E-state index contributed by atoms with van der Waals surface area (Å²) in [6, 6.07) is 16.9. The summed E-state index contributed by atoms with van der Waals surface area (Å²) in [5.41, 5.74) is 2.31. The number of benzene rings is 2. The molecule has 0 aliphatic rings. The first-order valence-corrected chi connectivity index (χ1v) is 8.33. The second-order valence-corrected chi connectivity index (χ2v) is 5.73. The smallest absolute Gasteiger partial charge is 0.254 e. The summed E-state index contributed by atoms with van der Waals surface area (Å²) in [6.45, 7) is 0.633. The van der Waals surface area contributed by atoms with Crippen LogP contribution in [-0.2, 0) is 6.54 Å². The topological polar surface area (TPSA) is 78.4 Å². The van der Waals surface area contributed by atoms with Crippen LogP contribution in [0.2, 0.25) is 0 Å². The summed E-state index contributed by atoms with van der Waals surface area (Å²) < 4.78 is 0. The van der Waals surface area contributed by atoms with Crippen LogP contribution < -0.4 is 5.32 Å². The van der Waals surface area contributed by atoms with E-state index in [4.69, 9.17) is 0 Å². The summed E-state index contributed by atoms with van der Waals surface area (Å²) in [5.74, 6) is 0.472. The van der Waals surface area contributed by atoms with Gasteiger partial charge in [0.05, 0.1) is 12.8 Å². The Morgan fingerprint density at radius 2 is 1.92 bits per heavy atom. The lowest BCUT2D eigenvalue weighted by atomic mass is 10.1. The van der Waals surface area contributed by atoms with Crippen molar-refractivity contribution in [3.8, 4) is 0 Å². The maximum Gasteiger partial charge on any atom is 0.254 e. The van der Waals surface area contributed by atoms with Gasteiger partial charge in [-0.1, -0.05) is 36.4 Å². The third-order valence-corrected chi connectivity index (χ3v) is 3.82. The average molecular weight is 348 g/mol. The van der Waals surface area contributed by atoms with Gasteiger partial charge >= 0.3 is 0 Å². The number of aromatic nitrogens is 2. The SMILES string of the molecule is O=C(c1cccc(Nc2cnccn2)c1)N(CCO)Cc1ccccc1. The number of nitrogens with one attached hydrogen (secondary N) is 1. The summed E-state index contributed by atoms with van der Waals surface area (Å²) in [4.78, 5) is 22.7. The molecule has 6 heteroatoms. The van der Waals surface area contributed by atoms with Gasteiger partial charge in [0.25, 0.3) is 5.91 Å². The molecule has 0 fully saturated rings. The Balaban J connectivity index is 1.77. The fourth-order valence-corrected chi connectivity index (χ4v) is 2.60. The van der Waals surface area contributed by atoms with Crippen LogP contribution in [0.25, 0.3) is 0 Å². The van der Waals surface area contributed by atoms with E-state index in [0.29, 0.717) is 17.9 Å². The average Bonchev–Trinajstić information content (AvgIpc) is 2.69. The van der Waals surface area contributed by atoms with E-state index in [1.54, 1.807) is 35.6 Å². The highest BCUT2D eigenvalue weighted by atomic mass is 16.3. The molecular weight excluding hydrogens is 328 g/mol. The molecule has 0 spiro atoms. The third-order valence-electron chi connectivity index (χ3n) is 3.82. The normalized spacial score (nSPS) is 10.3. The van der Waals surface area contributed by atoms with E-state index in [1.165, 1.54) is 0 Å². The first-order chi connectivity index (χ1) is 12.8. The van der Waals surface area contributed by atoms with Gasteiger partial charge in [0, 0.05) is 36.7 Å². The molecule has 26 heavy (non-hydrogen) atoms. The van der Waals surface area contributed by atoms with Crippen LogP contribution in [0.5, 0.6) is 0 Å². The summed E-state index contributed by atoms with van der Waals surface area (Å²) >= 11 is 0. The Morgan fingerprint density at radius 3 is 2.65 bits per heavy atom. The predicted molar refractivity (Wildman–Crippen MR) is 100 cm³/mol. The van der Waals surface area contributed by atoms with Gasteiger partial charge in [-0.15, -0.1) is 0 Å². The quantitative estimate of drug-likeness (QED) is 0.686. The molecule has 3 rings (SSSR count). The Kier molecular flexibility index (Phi) is 5.90. The van der Waals surface area contributed by atoms with Crippen LogP contribution in [-0.4, -0.2) is 39.0 Å². The molecule has 1 aromatic heterocycles. The van der Waals surface area contributed by atoms with Gasteiger partial charge in [-0.05, 0) is 23.8 Å². The van der Waals surface area contributed by atoms with E-state index in [1.807, 2.05) is 42.5 Å². The summed E-state index contributed by atoms with van der Waals surface area (Å²) in [5, 5.41) is 12.5. The molecule has 3 aromatic rings. The van der Waals surface area contributed by atoms with E-state index in [-0.39, 0.29) is 19.1 Å². The van der Waals surface area contributed by atoms with Gasteiger partial charge in [-0.2, -0.15) is 0 Å². The number of rotatable bonds is 7. The van der Waals surface area contributed by atoms with E-state index >= 15 is 0 Å². The number of amides is 1. The first kappa shape index (κ1) is 17.6. The Labute approximate surface area is 152 Å². The van der Waals surface area contributed by atoms with Crippen molar-refractivity contribution < 1.29 is 9.90 Å². The Hall–Kier alpha value is -3.25. The Bertz CT molecular complexity index is 841. The lowest BCUT2D eigenvalue weighted by Gasteiger charge is -2.22. The molecule has 0 saturated heterocycles. The predicted octanol–water partition coefficient (Wildman–Crippen LogP) is 2.85. The zero-order chi connectivity index (χ0) is 18.2. The van der Waals surface area contributed by atoms with Crippen molar-refractivity contribution in [2.24, 2.45) is 0 Å². The molecule has 0 atom stereocenters. The molecule has 132 valence electrons. The van der Waals surface area contributed by atoms with Crippen molar-refractivity contribution in [1.82, 2.24) is 14.9 Å². The molecule has 0 bridgehead atoms. The van der Waals surface area contributed by atoms with Crippen molar-refractivity contribution in [3.63, 3.8) is 0 Å². The monoisotopic (exact) mass is 348 g/mol. The Morgan fingerprint density at radius 1 is 1.08 bits per heavy atom. The van der Waals surface area contributed by atoms with Crippen molar-refractivity contribution in [1.29, 1.82) is 0 Å². The molecule has 1 heterocycles. The van der Waals surface area contributed by atoms with Crippen molar-refractivity contribution >= 4 is 17.4 Å². The number of carbonyl (C=O) groups excluding carboxylic acids is 1. The molecule has 0 unspecified atom stereocenters. The van der Waals surface area contributed by atoms with E-state index < -0.39 is 0 Å². The molecular formula is C20H20N4O2. The number of anilines is 2. The number of hydrogen-bond acceptors (Lipinski definition) is 5. The molecule has 2 aromatic carbocycles. The lowest BCUT2D eigenvalue weighted by molar-refractivity contribution is 0.0708. The number of aliphatic hydroxyl groups is 1. The van der Waals surface area contributed by atoms with Crippen LogP contribution in [0.4, 0.5) is 11.5 Å². The van der Waals surface area contributed by atoms with Gasteiger partial charge in [0.15, 0.2) is 0 Å². The zero-order valence-corrected chi connectivity index (χ0v) is 14.2. The van der Waals surface area contributed by atoms with E-state index in [0.717, 1.165) is 11.3 Å². The van der Waals surface area contributed by atoms with E-state index in [9.17, 15) is 9.90 Å². The highest BCUT2D eigenvalue weighted by molar-refractivity contribution is 5.95. The summed E-state index contributed by atoms with van der Waals surface area (Å²) in [6.07, 6.45) is 4.81. The highest BCUT2D eigenvalue weighted by Crippen LogP contribution is 2.17. The minimum absolute atomic E-state index is 0.0872. The molecule has 0 aliphatic heterocycles. The largest absolute Gasteiger partial charge is 0.395 e. The third kappa shape index (κ3) is 4.64. The number of aliphatic hydroxyl groups excluding tert-OH is 1. The van der Waals surface area contributed by atoms with Crippen LogP contribution in [0.1, 0.15) is 15.9 Å². The van der Waals surface area contributed by atoms with Crippen molar-refractivity contribution in [2.45, 2.75) is 6.54 Å². The van der Waals surface area contributed by atoms with Gasteiger partial charge in [0.1, 0.15) is 5.82 Å². The van der Waals surface area contributed by atoms with Crippen LogP contribution in [0, 0.1) is 0 Å². The lowest BCUT2D eigenvalue weighted by Crippen LogP contribution is -2.33. The van der Waals surface area contributed by atoms with Crippen molar-refractivity contribution in [3.05, 3.63) is 84.3 Å². The van der Waals surface area contributed by atoms with Crippen molar-refractivity contribution in [2.75, 3.05) is 18.5 Å². The standard InChI is InChI=1S/C20H20N4O2/c25-12-11-24(15-16-5-2-1-3-6-16)20(26)17-7-4-8-18(13-17)23-19-14-21-9-10-22-19/h1-10,13-14,25H,11-12,15H2,(H,22,23). The number of hydrogen-bond donors (Lipinski definition) is 2. The second kappa shape index (κ2) is 8.73. The molecule has 0 radical (unpaired) electrons. The van der Waals surface area contributed by atoms with Crippen LogP contribution in [0.3, 0.4) is 0 Å². The maximum atomic E-state index is 12.9. The van der Waals surface area contributed by atoms with Crippen LogP contribution >= 0.6 is 0 Å². The second-order valence-electron chi connectivity index (χ2n) is 5.73. The summed E-state index contributed by atoms with van der Waals surface area (Å²) in [7, 11) is 0. The first-order valence-electron chi connectivity index (χ1n) is 8.33. The maximum absolute atomic E-state index is 12.9. The van der Waals surface area contributed by atoms with Gasteiger partial charge in [-0.25, -0.2) is 4.98 Å². The molecule has 2 N–H and O–H groups in total. The number of carbonyl (C=O) groups is 1. The minimum Gasteiger partial charge on any atom is -0.395 e. The molecule has 0 aliphatic carbocycles. The fraction of sp³-hybridized carbons (Fsp3) is 0.150. The molecule has 0 saturated carbocycles. The molecule has 1 amide bonds. The fourth-order valence-electron chi connectivity index (χ4n) is 2.60.